The number of nitrogens with one attached hydrogen (secondary N) is 2. The lowest BCUT2D eigenvalue weighted by Gasteiger charge is -2.38. The summed E-state index contributed by atoms with van der Waals surface area (Å²) >= 11 is 0. The van der Waals surface area contributed by atoms with Gasteiger partial charge in [-0.25, -0.2) is 0 Å². The van der Waals surface area contributed by atoms with Gasteiger partial charge in [-0.2, -0.15) is 0 Å². The fourth-order valence-corrected chi connectivity index (χ4v) is 6.53. The number of fused-ring (bicyclic) bond motifs is 1. The Bertz CT molecular complexity index is 762. The van der Waals surface area contributed by atoms with Crippen molar-refractivity contribution in [3.8, 4) is 0 Å². The van der Waals surface area contributed by atoms with Crippen molar-refractivity contribution in [1.29, 1.82) is 0 Å². The van der Waals surface area contributed by atoms with Gasteiger partial charge in [0.15, 0.2) is 0 Å². The molecule has 188 valence electrons. The van der Waals surface area contributed by atoms with E-state index in [2.05, 4.69) is 31.4 Å². The highest BCUT2D eigenvalue weighted by Crippen LogP contribution is 2.58. The van der Waals surface area contributed by atoms with Gasteiger partial charge in [0.1, 0.15) is 11.6 Å². The molecule has 3 amide bonds. The molecule has 5 atom stereocenters. The molecule has 0 aromatic rings. The van der Waals surface area contributed by atoms with Gasteiger partial charge >= 0.3 is 0 Å². The summed E-state index contributed by atoms with van der Waals surface area (Å²) in [6, 6.07) is -0.762. The highest BCUT2D eigenvalue weighted by Gasteiger charge is 2.74. The van der Waals surface area contributed by atoms with E-state index in [9.17, 15) is 19.5 Å². The maximum Gasteiger partial charge on any atom is 0.246 e. The molecular weight excluding hydrogens is 422 g/mol. The second kappa shape index (κ2) is 9.53. The molecule has 2 bridgehead atoms. The first kappa shape index (κ1) is 25.9. The van der Waals surface area contributed by atoms with Crippen molar-refractivity contribution in [1.82, 2.24) is 15.5 Å². The second-order valence-corrected chi connectivity index (χ2v) is 11.9. The van der Waals surface area contributed by atoms with Crippen molar-refractivity contribution in [3.63, 3.8) is 0 Å². The molecule has 3 saturated heterocycles. The molecule has 0 saturated carbocycles. The Balaban J connectivity index is 1.91. The standard InChI is InChI=1S/C25H43N3O5/c1-7-12-26-20(30)17-16-10-11-25(33-16)18(17)22(32)28(13-8-9-14-29)19(25)21(31)27-24(5,6)15-23(2,3)4/h16-19,29H,7-15H2,1-6H3,(H,26,30)(H,27,31)/t16-,17+,18-,19?,25?/m0/s1. The lowest BCUT2D eigenvalue weighted by molar-refractivity contribution is -0.143. The number of amides is 3. The van der Waals surface area contributed by atoms with Crippen molar-refractivity contribution in [3.05, 3.63) is 0 Å². The largest absolute Gasteiger partial charge is 0.396 e. The van der Waals surface area contributed by atoms with Crippen LogP contribution in [0.3, 0.4) is 0 Å². The summed E-state index contributed by atoms with van der Waals surface area (Å²) in [4.78, 5) is 42.1. The molecule has 3 rings (SSSR count). The van der Waals surface area contributed by atoms with Crippen molar-refractivity contribution in [2.24, 2.45) is 17.3 Å². The summed E-state index contributed by atoms with van der Waals surface area (Å²) in [5.74, 6) is -1.71. The van der Waals surface area contributed by atoms with Crippen molar-refractivity contribution in [2.75, 3.05) is 19.7 Å². The number of nitrogens with zero attached hydrogens (tertiary/aromatic N) is 1. The van der Waals surface area contributed by atoms with Crippen LogP contribution in [-0.4, -0.2) is 70.7 Å². The molecule has 8 nitrogen and oxygen atoms in total. The molecule has 8 heteroatoms. The van der Waals surface area contributed by atoms with Gasteiger partial charge in [0.2, 0.25) is 17.7 Å². The van der Waals surface area contributed by atoms with E-state index in [1.165, 1.54) is 0 Å². The van der Waals surface area contributed by atoms with Gasteiger partial charge in [0, 0.05) is 25.2 Å². The van der Waals surface area contributed by atoms with Gasteiger partial charge in [0.25, 0.3) is 0 Å². The maximum absolute atomic E-state index is 13.8. The summed E-state index contributed by atoms with van der Waals surface area (Å²) in [5.41, 5.74) is -1.40. The van der Waals surface area contributed by atoms with Crippen molar-refractivity contribution in [2.45, 2.75) is 103 Å². The molecule has 33 heavy (non-hydrogen) atoms. The second-order valence-electron chi connectivity index (χ2n) is 11.9. The predicted molar refractivity (Wildman–Crippen MR) is 125 cm³/mol. The number of unbranched alkanes of at least 4 members (excludes halogenated alkanes) is 1. The molecule has 0 radical (unpaired) electrons. The number of likely N-dealkylation sites (tertiary alicyclic amines) is 1. The number of hydrogen-bond acceptors (Lipinski definition) is 5. The normalized spacial score (nSPS) is 31.1. The first-order chi connectivity index (χ1) is 15.4. The molecule has 3 aliphatic heterocycles. The fourth-order valence-electron chi connectivity index (χ4n) is 6.53. The third-order valence-corrected chi connectivity index (χ3v) is 7.14. The maximum atomic E-state index is 13.8. The Morgan fingerprint density at radius 3 is 2.48 bits per heavy atom. The van der Waals surface area contributed by atoms with Gasteiger partial charge in [-0.1, -0.05) is 27.7 Å². The van der Waals surface area contributed by atoms with Crippen LogP contribution in [0.15, 0.2) is 0 Å². The molecule has 0 aromatic heterocycles. The minimum Gasteiger partial charge on any atom is -0.396 e. The number of aliphatic hydroxyl groups excluding tert-OH is 1. The van der Waals surface area contributed by atoms with E-state index >= 15 is 0 Å². The summed E-state index contributed by atoms with van der Waals surface area (Å²) < 4.78 is 6.42. The van der Waals surface area contributed by atoms with E-state index in [4.69, 9.17) is 4.74 Å². The van der Waals surface area contributed by atoms with Crippen LogP contribution in [0.5, 0.6) is 0 Å². The molecular formula is C25H43N3O5. The summed E-state index contributed by atoms with van der Waals surface area (Å²) in [6.07, 6.45) is 3.68. The molecule has 3 fully saturated rings. The van der Waals surface area contributed by atoms with Crippen LogP contribution in [0.1, 0.15) is 80.1 Å². The fraction of sp³-hybridized carbons (Fsp3) is 0.880. The summed E-state index contributed by atoms with van der Waals surface area (Å²) in [7, 11) is 0. The van der Waals surface area contributed by atoms with E-state index < -0.39 is 29.0 Å². The van der Waals surface area contributed by atoms with Crippen LogP contribution in [0.25, 0.3) is 0 Å². The molecule has 3 aliphatic rings. The Kier molecular flexibility index (Phi) is 7.49. The predicted octanol–water partition coefficient (Wildman–Crippen LogP) is 1.99. The molecule has 1 spiro atoms. The van der Waals surface area contributed by atoms with Gasteiger partial charge in [-0.05, 0) is 57.8 Å². The van der Waals surface area contributed by atoms with Crippen LogP contribution < -0.4 is 10.6 Å². The minimum absolute atomic E-state index is 0.0225. The van der Waals surface area contributed by atoms with Gasteiger partial charge in [0.05, 0.1) is 17.9 Å². The van der Waals surface area contributed by atoms with Crippen LogP contribution in [0.2, 0.25) is 0 Å². The van der Waals surface area contributed by atoms with Gasteiger partial charge in [-0.3, -0.25) is 14.4 Å². The molecule has 2 unspecified atom stereocenters. The first-order valence-corrected chi connectivity index (χ1v) is 12.6. The van der Waals surface area contributed by atoms with Gasteiger partial charge < -0.3 is 25.4 Å². The monoisotopic (exact) mass is 465 g/mol. The van der Waals surface area contributed by atoms with E-state index in [-0.39, 0.29) is 35.8 Å². The Morgan fingerprint density at radius 1 is 1.18 bits per heavy atom. The lowest BCUT2D eigenvalue weighted by atomic mass is 9.70. The number of carbonyl (C=O) groups excluding carboxylic acids is 3. The van der Waals surface area contributed by atoms with Crippen LogP contribution in [0.4, 0.5) is 0 Å². The minimum atomic E-state index is -0.961. The average Bonchev–Trinajstić information content (AvgIpc) is 3.31. The highest BCUT2D eigenvalue weighted by molar-refractivity contribution is 5.99. The zero-order valence-corrected chi connectivity index (χ0v) is 21.2. The Morgan fingerprint density at radius 2 is 1.88 bits per heavy atom. The topological polar surface area (TPSA) is 108 Å². The summed E-state index contributed by atoms with van der Waals surface area (Å²) in [5, 5.41) is 15.4. The molecule has 0 aromatic carbocycles. The number of ether oxygens (including phenoxy) is 1. The number of hydrogen-bond donors (Lipinski definition) is 3. The number of carbonyl (C=O) groups is 3. The average molecular weight is 466 g/mol. The highest BCUT2D eigenvalue weighted by atomic mass is 16.5. The quantitative estimate of drug-likeness (QED) is 0.428. The van der Waals surface area contributed by atoms with Crippen molar-refractivity contribution >= 4 is 17.7 Å². The van der Waals surface area contributed by atoms with Crippen molar-refractivity contribution < 1.29 is 24.2 Å². The molecule has 3 heterocycles. The first-order valence-electron chi connectivity index (χ1n) is 12.6. The van der Waals surface area contributed by atoms with Crippen LogP contribution in [-0.2, 0) is 19.1 Å². The lowest BCUT2D eigenvalue weighted by Crippen LogP contribution is -2.59. The zero-order valence-electron chi connectivity index (χ0n) is 21.2. The van der Waals surface area contributed by atoms with E-state index in [1.54, 1.807) is 4.90 Å². The smallest absolute Gasteiger partial charge is 0.246 e. The number of rotatable bonds is 10. The van der Waals surface area contributed by atoms with Crippen LogP contribution >= 0.6 is 0 Å². The van der Waals surface area contributed by atoms with E-state index in [1.807, 2.05) is 20.8 Å². The van der Waals surface area contributed by atoms with Gasteiger partial charge in [-0.15, -0.1) is 0 Å². The zero-order chi connectivity index (χ0) is 24.6. The Hall–Kier alpha value is -1.67. The molecule has 3 N–H and O–H groups in total. The summed E-state index contributed by atoms with van der Waals surface area (Å²) in [6.45, 7) is 13.4. The van der Waals surface area contributed by atoms with E-state index in [0.717, 1.165) is 12.8 Å². The third-order valence-electron chi connectivity index (χ3n) is 7.14. The molecule has 0 aliphatic carbocycles. The number of aliphatic hydroxyl groups is 1. The SMILES string of the molecule is CCCNC(=O)[C@@H]1[C@@H]2CCC3(O2)C(C(=O)NC(C)(C)CC(C)(C)C)N(CCCCO)C(=O)[C@H]13. The third kappa shape index (κ3) is 5.06. The van der Waals surface area contributed by atoms with E-state index in [0.29, 0.717) is 38.8 Å². The van der Waals surface area contributed by atoms with Crippen LogP contribution in [0, 0.1) is 17.3 Å². The Labute approximate surface area is 198 Å².